The summed E-state index contributed by atoms with van der Waals surface area (Å²) in [6.07, 6.45) is 12.2. The first kappa shape index (κ1) is 26.8. The van der Waals surface area contributed by atoms with E-state index in [-0.39, 0.29) is 12.3 Å². The summed E-state index contributed by atoms with van der Waals surface area (Å²) in [6, 6.07) is 1.82. The quantitative estimate of drug-likeness (QED) is 0.555. The number of fused-ring (bicyclic) bond motifs is 2. The predicted molar refractivity (Wildman–Crippen MR) is 121 cm³/mol. The monoisotopic (exact) mass is 405 g/mol. The van der Waals surface area contributed by atoms with Crippen LogP contribution in [0.2, 0.25) is 0 Å². The van der Waals surface area contributed by atoms with Gasteiger partial charge in [-0.05, 0) is 45.6 Å². The van der Waals surface area contributed by atoms with Crippen LogP contribution in [0, 0.1) is 6.92 Å². The number of nitrogens with one attached hydrogen (secondary N) is 2. The van der Waals surface area contributed by atoms with E-state index in [9.17, 15) is 9.59 Å². The number of rotatable bonds is 4. The number of carbonyl (C=O) groups excluding carboxylic acids is 1. The van der Waals surface area contributed by atoms with Crippen LogP contribution >= 0.6 is 0 Å². The number of ether oxygens (including phenoxy) is 1. The lowest BCUT2D eigenvalue weighted by Gasteiger charge is -2.19. The molecule has 2 fully saturated rings. The Hall–Kier alpha value is -2.21. The third kappa shape index (κ3) is 9.22. The van der Waals surface area contributed by atoms with Crippen LogP contribution in [0.5, 0.6) is 0 Å². The Morgan fingerprint density at radius 1 is 1.17 bits per heavy atom. The lowest BCUT2D eigenvalue weighted by Crippen LogP contribution is -2.33. The smallest absolute Gasteiger partial charge is 0.362 e. The second-order valence-corrected chi connectivity index (χ2v) is 6.30. The van der Waals surface area contributed by atoms with Gasteiger partial charge in [0.25, 0.3) is 5.56 Å². The van der Waals surface area contributed by atoms with Crippen LogP contribution < -0.4 is 10.9 Å². The number of hydrogen-bond acceptors (Lipinski definition) is 5. The molecule has 0 spiro atoms. The second-order valence-electron chi connectivity index (χ2n) is 6.30. The van der Waals surface area contributed by atoms with Crippen LogP contribution in [0.25, 0.3) is 6.08 Å². The summed E-state index contributed by atoms with van der Waals surface area (Å²) in [5.41, 5.74) is 0.312. The maximum Gasteiger partial charge on any atom is 0.362 e. The molecule has 2 unspecified atom stereocenters. The third-order valence-corrected chi connectivity index (χ3v) is 4.44. The third-order valence-electron chi connectivity index (χ3n) is 4.44. The summed E-state index contributed by atoms with van der Waals surface area (Å²) < 4.78 is 4.73. The first-order valence-electron chi connectivity index (χ1n) is 10.9. The highest BCUT2D eigenvalue weighted by Crippen LogP contribution is 2.25. The van der Waals surface area contributed by atoms with Gasteiger partial charge in [0, 0.05) is 12.1 Å². The van der Waals surface area contributed by atoms with Crippen molar-refractivity contribution < 1.29 is 9.53 Å². The number of aromatic nitrogens is 2. The van der Waals surface area contributed by atoms with Crippen molar-refractivity contribution in [2.45, 2.75) is 85.7 Å². The van der Waals surface area contributed by atoms with E-state index in [4.69, 9.17) is 4.74 Å². The average Bonchev–Trinajstić information content (AvgIpc) is 3.09. The maximum atomic E-state index is 11.6. The molecule has 2 aliphatic heterocycles. The lowest BCUT2D eigenvalue weighted by atomic mass is 10.1. The maximum absolute atomic E-state index is 11.6. The Morgan fingerprint density at radius 2 is 1.76 bits per heavy atom. The minimum atomic E-state index is -0.712. The van der Waals surface area contributed by atoms with Gasteiger partial charge in [0.2, 0.25) is 5.69 Å². The van der Waals surface area contributed by atoms with E-state index < -0.39 is 11.5 Å². The van der Waals surface area contributed by atoms with Crippen LogP contribution in [-0.4, -0.2) is 34.6 Å². The number of aromatic amines is 1. The lowest BCUT2D eigenvalue weighted by molar-refractivity contribution is 0.0517. The zero-order valence-corrected chi connectivity index (χ0v) is 19.0. The van der Waals surface area contributed by atoms with E-state index in [1.165, 1.54) is 32.1 Å². The first-order valence-corrected chi connectivity index (χ1v) is 10.9. The predicted octanol–water partition coefficient (Wildman–Crippen LogP) is 4.80. The molecule has 2 N–H and O–H groups in total. The summed E-state index contributed by atoms with van der Waals surface area (Å²) in [5, 5.41) is 3.59. The van der Waals surface area contributed by atoms with E-state index in [0.717, 1.165) is 12.1 Å². The first-order chi connectivity index (χ1) is 14.0. The molecule has 164 valence electrons. The molecule has 0 aliphatic carbocycles. The van der Waals surface area contributed by atoms with Crippen molar-refractivity contribution in [2.75, 3.05) is 6.61 Å². The largest absolute Gasteiger partial charge is 0.461 e. The second kappa shape index (κ2) is 15.7. The summed E-state index contributed by atoms with van der Waals surface area (Å²) >= 11 is 0. The highest BCUT2D eigenvalue weighted by molar-refractivity contribution is 5.86. The van der Waals surface area contributed by atoms with Crippen molar-refractivity contribution in [1.29, 1.82) is 0 Å². The van der Waals surface area contributed by atoms with E-state index in [1.807, 2.05) is 27.7 Å². The Morgan fingerprint density at radius 3 is 2.24 bits per heavy atom. The number of esters is 1. The summed E-state index contributed by atoms with van der Waals surface area (Å²) in [4.78, 5) is 29.5. The fourth-order valence-electron chi connectivity index (χ4n) is 3.18. The van der Waals surface area contributed by atoms with Crippen LogP contribution in [0.4, 0.5) is 0 Å². The molecule has 3 rings (SSSR count). The molecule has 3 heterocycles. The molecule has 1 aromatic heterocycles. The van der Waals surface area contributed by atoms with Gasteiger partial charge in [-0.2, -0.15) is 0 Å². The van der Waals surface area contributed by atoms with Gasteiger partial charge in [-0.3, -0.25) is 4.79 Å². The van der Waals surface area contributed by atoms with Gasteiger partial charge >= 0.3 is 5.97 Å². The molecule has 0 amide bonds. The van der Waals surface area contributed by atoms with Gasteiger partial charge < -0.3 is 15.0 Å². The number of aryl methyl sites for hydroxylation is 1. The molecule has 2 saturated heterocycles. The molecule has 2 atom stereocenters. The van der Waals surface area contributed by atoms with Crippen molar-refractivity contribution in [3.05, 3.63) is 46.2 Å². The molecule has 2 aliphatic rings. The number of H-pyrrole nitrogens is 1. The molecule has 2 bridgehead atoms. The van der Waals surface area contributed by atoms with Crippen molar-refractivity contribution in [2.24, 2.45) is 0 Å². The molecule has 1 aromatic rings. The number of allylic oxidation sites excluding steroid dienone is 2. The van der Waals surface area contributed by atoms with Crippen molar-refractivity contribution in [3.63, 3.8) is 0 Å². The fourth-order valence-corrected chi connectivity index (χ4v) is 3.18. The Bertz CT molecular complexity index is 681. The van der Waals surface area contributed by atoms with E-state index >= 15 is 0 Å². The van der Waals surface area contributed by atoms with Gasteiger partial charge in [-0.1, -0.05) is 52.8 Å². The van der Waals surface area contributed by atoms with Crippen LogP contribution in [0.15, 0.2) is 23.5 Å². The van der Waals surface area contributed by atoms with Crippen LogP contribution in [0.3, 0.4) is 0 Å². The number of carbonyl (C=O) groups is 1. The van der Waals surface area contributed by atoms with Gasteiger partial charge in [0.15, 0.2) is 0 Å². The minimum absolute atomic E-state index is 0.205. The highest BCUT2D eigenvalue weighted by atomic mass is 16.5. The topological polar surface area (TPSA) is 84.1 Å². The van der Waals surface area contributed by atoms with E-state index in [1.54, 1.807) is 32.1 Å². The van der Waals surface area contributed by atoms with Crippen molar-refractivity contribution in [3.8, 4) is 0 Å². The number of piperidine rings is 1. The zero-order valence-electron chi connectivity index (χ0n) is 19.0. The molecule has 6 heteroatoms. The number of nitrogens with zero attached hydrogens (tertiary/aromatic N) is 1. The zero-order chi connectivity index (χ0) is 22.2. The van der Waals surface area contributed by atoms with Crippen LogP contribution in [0.1, 0.15) is 88.6 Å². The average molecular weight is 406 g/mol. The molecule has 6 nitrogen and oxygen atoms in total. The van der Waals surface area contributed by atoms with Crippen molar-refractivity contribution in [1.82, 2.24) is 15.3 Å². The highest BCUT2D eigenvalue weighted by Gasteiger charge is 2.26. The van der Waals surface area contributed by atoms with E-state index in [0.29, 0.717) is 11.4 Å². The molecule has 29 heavy (non-hydrogen) atoms. The fraction of sp³-hybridized carbons (Fsp3) is 0.609. The van der Waals surface area contributed by atoms with Gasteiger partial charge in [0.05, 0.1) is 18.0 Å². The Balaban J connectivity index is 0.000000537. The summed E-state index contributed by atoms with van der Waals surface area (Å²) in [6.45, 7) is 15.1. The molecule has 0 saturated carbocycles. The number of hydrogen-bond donors (Lipinski definition) is 2. The minimum Gasteiger partial charge on any atom is -0.461 e. The van der Waals surface area contributed by atoms with Crippen LogP contribution in [-0.2, 0) is 4.74 Å². The van der Waals surface area contributed by atoms with Gasteiger partial charge in [-0.15, -0.1) is 0 Å². The molecule has 0 radical (unpaired) electrons. The molecule has 0 aromatic carbocycles. The standard InChI is InChI=1S/C12H14N2O3.C7H13N.2C2H6/c1-4-6-7-9-8(3)13-10(11(15)14-9)12(16)17-5-2;1-2-6-4-5-7(3-1)8-6;2*1-2/h4,6-7H,1,5H2,2-3H3,(H,14,15);6-8H,1-5H2;2*1-2H3/b7-6-;;;. The summed E-state index contributed by atoms with van der Waals surface area (Å²) in [5.74, 6) is -0.712. The Kier molecular flexibility index (Phi) is 14.5. The normalized spacial score (nSPS) is 19.0. The van der Waals surface area contributed by atoms with Crippen molar-refractivity contribution >= 4 is 12.0 Å². The summed E-state index contributed by atoms with van der Waals surface area (Å²) in [7, 11) is 0. The van der Waals surface area contributed by atoms with E-state index in [2.05, 4.69) is 21.9 Å². The van der Waals surface area contributed by atoms with Gasteiger partial charge in [-0.25, -0.2) is 9.78 Å². The SMILES string of the molecule is C1CC2CCC(C1)N2.C=C/C=C\c1[nH]c(=O)c(C(=O)OCC)nc1C.CC.CC. The molecular formula is C23H39N3O3. The van der Waals surface area contributed by atoms with Gasteiger partial charge in [0.1, 0.15) is 0 Å². The Labute approximate surface area is 175 Å². The molecular weight excluding hydrogens is 366 g/mol.